The molecule has 3 atom stereocenters. The Kier molecular flexibility index (Phi) is 5.18. The predicted octanol–water partition coefficient (Wildman–Crippen LogP) is 3.39. The molecular formula is C21H22N2O3S. The van der Waals surface area contributed by atoms with Crippen molar-refractivity contribution in [2.24, 2.45) is 0 Å². The Hall–Kier alpha value is -2.31. The van der Waals surface area contributed by atoms with Crippen molar-refractivity contribution in [2.45, 2.75) is 54.1 Å². The lowest BCUT2D eigenvalue weighted by atomic mass is 9.95. The summed E-state index contributed by atoms with van der Waals surface area (Å²) in [5.74, 6) is 0.178. The molecule has 0 radical (unpaired) electrons. The van der Waals surface area contributed by atoms with Crippen LogP contribution in [-0.4, -0.2) is 30.0 Å². The van der Waals surface area contributed by atoms with E-state index < -0.39 is 0 Å². The summed E-state index contributed by atoms with van der Waals surface area (Å²) < 4.78 is 5.25. The molecule has 27 heavy (non-hydrogen) atoms. The maximum Gasteiger partial charge on any atom is 0.308 e. The number of benzene rings is 2. The lowest BCUT2D eigenvalue weighted by molar-refractivity contribution is -0.132. The van der Waals surface area contributed by atoms with Crippen molar-refractivity contribution in [3.63, 3.8) is 0 Å². The Morgan fingerprint density at radius 3 is 2.56 bits per heavy atom. The zero-order valence-electron chi connectivity index (χ0n) is 15.1. The normalized spacial score (nSPS) is 23.2. The molecule has 5 nitrogen and oxygen atoms in total. The number of rotatable bonds is 5. The first-order chi connectivity index (χ1) is 13.1. The summed E-state index contributed by atoms with van der Waals surface area (Å²) in [4.78, 5) is 25.6. The molecule has 6 heteroatoms. The van der Waals surface area contributed by atoms with Crippen LogP contribution in [0, 0.1) is 0 Å². The van der Waals surface area contributed by atoms with Gasteiger partial charge in [-0.25, -0.2) is 0 Å². The van der Waals surface area contributed by atoms with Crippen LogP contribution in [0.4, 0.5) is 0 Å². The van der Waals surface area contributed by atoms with Crippen LogP contribution in [-0.2, 0) is 4.79 Å². The molecule has 2 heterocycles. The third-order valence-electron chi connectivity index (χ3n) is 5.06. The molecule has 2 aliphatic rings. The third kappa shape index (κ3) is 4.17. The molecular weight excluding hydrogens is 360 g/mol. The van der Waals surface area contributed by atoms with E-state index in [1.54, 1.807) is 6.07 Å². The van der Waals surface area contributed by atoms with Crippen molar-refractivity contribution in [1.82, 2.24) is 10.6 Å². The number of para-hydroxylation sites is 1. The van der Waals surface area contributed by atoms with E-state index in [2.05, 4.69) is 10.6 Å². The van der Waals surface area contributed by atoms with E-state index in [1.807, 2.05) is 42.5 Å². The largest absolute Gasteiger partial charge is 0.426 e. The van der Waals surface area contributed by atoms with Gasteiger partial charge in [0.05, 0.1) is 4.90 Å². The van der Waals surface area contributed by atoms with E-state index in [9.17, 15) is 9.59 Å². The second kappa shape index (κ2) is 7.74. The lowest BCUT2D eigenvalue weighted by Crippen LogP contribution is -2.42. The molecule has 1 amide bonds. The minimum atomic E-state index is -0.342. The second-order valence-electron chi connectivity index (χ2n) is 7.03. The Labute approximate surface area is 162 Å². The van der Waals surface area contributed by atoms with Crippen LogP contribution in [0.5, 0.6) is 5.75 Å². The minimum absolute atomic E-state index is 0.0220. The minimum Gasteiger partial charge on any atom is -0.426 e. The Bertz CT molecular complexity index is 853. The fourth-order valence-corrected chi connectivity index (χ4v) is 4.69. The van der Waals surface area contributed by atoms with Gasteiger partial charge in [-0.2, -0.15) is 0 Å². The van der Waals surface area contributed by atoms with Crippen molar-refractivity contribution in [2.75, 3.05) is 0 Å². The summed E-state index contributed by atoms with van der Waals surface area (Å²) in [6.45, 7) is 1.39. The number of carbonyl (C=O) groups excluding carboxylic acids is 2. The zero-order valence-corrected chi connectivity index (χ0v) is 15.9. The van der Waals surface area contributed by atoms with Gasteiger partial charge >= 0.3 is 5.97 Å². The molecule has 2 aromatic rings. The summed E-state index contributed by atoms with van der Waals surface area (Å²) in [7, 11) is 0. The van der Waals surface area contributed by atoms with Crippen LogP contribution in [0.25, 0.3) is 0 Å². The van der Waals surface area contributed by atoms with E-state index in [0.29, 0.717) is 23.4 Å². The molecule has 0 aromatic heterocycles. The van der Waals surface area contributed by atoms with Crippen molar-refractivity contribution >= 4 is 23.6 Å². The molecule has 2 N–H and O–H groups in total. The average molecular weight is 382 g/mol. The molecule has 2 saturated heterocycles. The molecule has 0 saturated carbocycles. The van der Waals surface area contributed by atoms with Crippen molar-refractivity contribution in [1.29, 1.82) is 0 Å². The van der Waals surface area contributed by atoms with Gasteiger partial charge in [-0.3, -0.25) is 9.59 Å². The molecule has 2 aromatic carbocycles. The van der Waals surface area contributed by atoms with E-state index in [1.165, 1.54) is 25.1 Å². The highest BCUT2D eigenvalue weighted by Gasteiger charge is 2.39. The summed E-state index contributed by atoms with van der Waals surface area (Å²) >= 11 is 1.50. The maximum absolute atomic E-state index is 12.5. The highest BCUT2D eigenvalue weighted by Crippen LogP contribution is 2.35. The predicted molar refractivity (Wildman–Crippen MR) is 104 cm³/mol. The molecule has 140 valence electrons. The Morgan fingerprint density at radius 1 is 1.11 bits per heavy atom. The van der Waals surface area contributed by atoms with Crippen molar-refractivity contribution in [3.8, 4) is 5.75 Å². The third-order valence-corrected chi connectivity index (χ3v) is 6.13. The van der Waals surface area contributed by atoms with Gasteiger partial charge in [0.2, 0.25) is 0 Å². The van der Waals surface area contributed by atoms with Crippen LogP contribution in [0.2, 0.25) is 0 Å². The number of hydrogen-bond acceptors (Lipinski definition) is 5. The second-order valence-corrected chi connectivity index (χ2v) is 8.15. The summed E-state index contributed by atoms with van der Waals surface area (Å²) in [5, 5.41) is 6.70. The molecule has 4 rings (SSSR count). The van der Waals surface area contributed by atoms with Gasteiger partial charge in [-0.05, 0) is 55.7 Å². The lowest BCUT2D eigenvalue weighted by Gasteiger charge is -2.21. The van der Waals surface area contributed by atoms with Gasteiger partial charge in [-0.1, -0.05) is 23.9 Å². The SMILES string of the molecule is CC(=O)Oc1ccccc1Sc1ccc(C(=O)NC2CC3CCC2N3)cc1. The van der Waals surface area contributed by atoms with E-state index in [-0.39, 0.29) is 17.9 Å². The average Bonchev–Trinajstić information content (AvgIpc) is 3.26. The first-order valence-corrected chi connectivity index (χ1v) is 10.0. The number of carbonyl (C=O) groups is 2. The smallest absolute Gasteiger partial charge is 0.308 e. The standard InChI is InChI=1S/C21H22N2O3S/c1-13(24)26-19-4-2-3-5-20(19)27-16-9-6-14(7-10-16)21(25)23-18-12-15-8-11-17(18)22-15/h2-7,9-10,15,17-18,22H,8,11-12H2,1H3,(H,23,25). The quantitative estimate of drug-likeness (QED) is 0.613. The van der Waals surface area contributed by atoms with E-state index in [4.69, 9.17) is 4.74 Å². The molecule has 2 fully saturated rings. The summed E-state index contributed by atoms with van der Waals surface area (Å²) in [6.07, 6.45) is 3.39. The number of hydrogen-bond donors (Lipinski definition) is 2. The monoisotopic (exact) mass is 382 g/mol. The highest BCUT2D eigenvalue weighted by molar-refractivity contribution is 7.99. The molecule has 0 aliphatic carbocycles. The number of nitrogens with one attached hydrogen (secondary N) is 2. The van der Waals surface area contributed by atoms with Gasteiger partial charge in [0.1, 0.15) is 5.75 Å². The molecule has 0 spiro atoms. The topological polar surface area (TPSA) is 67.4 Å². The highest BCUT2D eigenvalue weighted by atomic mass is 32.2. The fraction of sp³-hybridized carbons (Fsp3) is 0.333. The number of amides is 1. The van der Waals surface area contributed by atoms with Crippen molar-refractivity contribution in [3.05, 3.63) is 54.1 Å². The van der Waals surface area contributed by atoms with Gasteiger partial charge < -0.3 is 15.4 Å². The van der Waals surface area contributed by atoms with Gasteiger partial charge in [0, 0.05) is 35.5 Å². The van der Waals surface area contributed by atoms with Crippen LogP contribution in [0.15, 0.2) is 58.3 Å². The number of fused-ring (bicyclic) bond motifs is 2. The van der Waals surface area contributed by atoms with Gasteiger partial charge in [0.15, 0.2) is 0 Å². The van der Waals surface area contributed by atoms with Crippen LogP contribution in [0.1, 0.15) is 36.5 Å². The van der Waals surface area contributed by atoms with Crippen LogP contribution in [0.3, 0.4) is 0 Å². The van der Waals surface area contributed by atoms with Gasteiger partial charge in [0.25, 0.3) is 5.91 Å². The summed E-state index contributed by atoms with van der Waals surface area (Å²) in [5.41, 5.74) is 0.662. The zero-order chi connectivity index (χ0) is 18.8. The Balaban J connectivity index is 1.40. The number of ether oxygens (including phenoxy) is 1. The first-order valence-electron chi connectivity index (χ1n) is 9.21. The fourth-order valence-electron chi connectivity index (χ4n) is 3.81. The van der Waals surface area contributed by atoms with Crippen molar-refractivity contribution < 1.29 is 14.3 Å². The number of esters is 1. The molecule has 3 unspecified atom stereocenters. The molecule has 2 bridgehead atoms. The first kappa shape index (κ1) is 18.1. The Morgan fingerprint density at radius 2 is 1.89 bits per heavy atom. The maximum atomic E-state index is 12.5. The van der Waals surface area contributed by atoms with Crippen LogP contribution < -0.4 is 15.4 Å². The molecule has 2 aliphatic heterocycles. The van der Waals surface area contributed by atoms with E-state index >= 15 is 0 Å². The van der Waals surface area contributed by atoms with Crippen LogP contribution >= 0.6 is 11.8 Å². The summed E-state index contributed by atoms with van der Waals surface area (Å²) in [6, 6.07) is 16.2. The van der Waals surface area contributed by atoms with E-state index in [0.717, 1.165) is 22.6 Å². The van der Waals surface area contributed by atoms with Gasteiger partial charge in [-0.15, -0.1) is 0 Å².